The molecular formula is C14H24N4OS. The van der Waals surface area contributed by atoms with Crippen LogP contribution in [0.25, 0.3) is 0 Å². The van der Waals surface area contributed by atoms with Gasteiger partial charge in [0.1, 0.15) is 0 Å². The fraction of sp³-hybridized carbons (Fsp3) is 0.714. The number of carbonyl (C=O) groups is 1. The van der Waals surface area contributed by atoms with E-state index in [1.807, 2.05) is 18.7 Å². The number of nitrogens with zero attached hydrogens (tertiary/aromatic N) is 3. The van der Waals surface area contributed by atoms with Crippen molar-refractivity contribution in [2.75, 3.05) is 32.7 Å². The van der Waals surface area contributed by atoms with Gasteiger partial charge < -0.3 is 10.6 Å². The molecule has 2 N–H and O–H groups in total. The van der Waals surface area contributed by atoms with Crippen molar-refractivity contribution < 1.29 is 4.79 Å². The van der Waals surface area contributed by atoms with E-state index in [0.29, 0.717) is 6.54 Å². The van der Waals surface area contributed by atoms with E-state index in [2.05, 4.69) is 15.3 Å². The van der Waals surface area contributed by atoms with Gasteiger partial charge in [-0.15, -0.1) is 11.3 Å². The molecule has 1 aromatic rings. The van der Waals surface area contributed by atoms with Crippen molar-refractivity contribution in [2.24, 2.45) is 11.7 Å². The third-order valence-corrected chi connectivity index (χ3v) is 4.69. The molecule has 112 valence electrons. The molecule has 1 aliphatic heterocycles. The van der Waals surface area contributed by atoms with Gasteiger partial charge in [-0.3, -0.25) is 9.69 Å². The summed E-state index contributed by atoms with van der Waals surface area (Å²) in [6, 6.07) is 0. The molecule has 1 atom stereocenters. The normalized spacial score (nSPS) is 18.2. The largest absolute Gasteiger partial charge is 0.340 e. The van der Waals surface area contributed by atoms with Gasteiger partial charge in [0.2, 0.25) is 5.91 Å². The Kier molecular flexibility index (Phi) is 5.51. The number of hydrogen-bond acceptors (Lipinski definition) is 5. The van der Waals surface area contributed by atoms with Crippen LogP contribution < -0.4 is 5.73 Å². The SMILES string of the molecule is CCC(CN)C(=O)N1CCN(Cc2csc(C)n2)CC1. The van der Waals surface area contributed by atoms with Gasteiger partial charge in [0.25, 0.3) is 0 Å². The standard InChI is InChI=1S/C14H24N4OS/c1-3-12(8-15)14(19)18-6-4-17(5-7-18)9-13-10-20-11(2)16-13/h10,12H,3-9,15H2,1-2H3. The van der Waals surface area contributed by atoms with E-state index in [1.165, 1.54) is 0 Å². The Labute approximate surface area is 124 Å². The molecule has 1 aromatic heterocycles. The average Bonchev–Trinajstić information content (AvgIpc) is 2.86. The van der Waals surface area contributed by atoms with Gasteiger partial charge in [-0.2, -0.15) is 0 Å². The lowest BCUT2D eigenvalue weighted by Gasteiger charge is -2.35. The number of piperazine rings is 1. The summed E-state index contributed by atoms with van der Waals surface area (Å²) in [6.07, 6.45) is 0.827. The van der Waals surface area contributed by atoms with Crippen LogP contribution in [0.2, 0.25) is 0 Å². The second-order valence-corrected chi connectivity index (χ2v) is 6.36. The lowest BCUT2D eigenvalue weighted by atomic mass is 10.0. The number of aromatic nitrogens is 1. The molecule has 0 aliphatic carbocycles. The lowest BCUT2D eigenvalue weighted by molar-refractivity contribution is -0.137. The van der Waals surface area contributed by atoms with Crippen molar-refractivity contribution in [2.45, 2.75) is 26.8 Å². The Morgan fingerprint density at radius 2 is 2.15 bits per heavy atom. The van der Waals surface area contributed by atoms with Crippen LogP contribution in [0.4, 0.5) is 0 Å². The molecule has 0 radical (unpaired) electrons. The first-order chi connectivity index (χ1) is 9.63. The van der Waals surface area contributed by atoms with Crippen molar-refractivity contribution in [3.05, 3.63) is 16.1 Å². The highest BCUT2D eigenvalue weighted by molar-refractivity contribution is 7.09. The molecule has 6 heteroatoms. The van der Waals surface area contributed by atoms with Crippen LogP contribution in [0.15, 0.2) is 5.38 Å². The summed E-state index contributed by atoms with van der Waals surface area (Å²) in [4.78, 5) is 21.1. The predicted molar refractivity (Wildman–Crippen MR) is 81.5 cm³/mol. The molecule has 0 saturated carbocycles. The van der Waals surface area contributed by atoms with E-state index >= 15 is 0 Å². The van der Waals surface area contributed by atoms with Crippen molar-refractivity contribution in [3.8, 4) is 0 Å². The van der Waals surface area contributed by atoms with Crippen LogP contribution in [0, 0.1) is 12.8 Å². The number of thiazole rings is 1. The Morgan fingerprint density at radius 3 is 2.65 bits per heavy atom. The zero-order valence-corrected chi connectivity index (χ0v) is 13.2. The first-order valence-corrected chi connectivity index (χ1v) is 8.14. The van der Waals surface area contributed by atoms with Crippen molar-refractivity contribution in [1.82, 2.24) is 14.8 Å². The molecule has 20 heavy (non-hydrogen) atoms. The molecule has 1 unspecified atom stereocenters. The van der Waals surface area contributed by atoms with Gasteiger partial charge >= 0.3 is 0 Å². The highest BCUT2D eigenvalue weighted by atomic mass is 32.1. The second kappa shape index (κ2) is 7.15. The third-order valence-electron chi connectivity index (χ3n) is 3.86. The number of aryl methyl sites for hydroxylation is 1. The van der Waals surface area contributed by atoms with Crippen LogP contribution in [0.3, 0.4) is 0 Å². The van der Waals surface area contributed by atoms with Crippen molar-refractivity contribution >= 4 is 17.2 Å². The molecule has 0 bridgehead atoms. The zero-order chi connectivity index (χ0) is 14.5. The topological polar surface area (TPSA) is 62.5 Å². The summed E-state index contributed by atoms with van der Waals surface area (Å²) in [5.41, 5.74) is 6.80. The zero-order valence-electron chi connectivity index (χ0n) is 12.3. The molecule has 0 spiro atoms. The summed E-state index contributed by atoms with van der Waals surface area (Å²) in [5.74, 6) is 0.210. The number of carbonyl (C=O) groups excluding carboxylic acids is 1. The molecule has 1 amide bonds. The van der Waals surface area contributed by atoms with Crippen LogP contribution >= 0.6 is 11.3 Å². The summed E-state index contributed by atoms with van der Waals surface area (Å²) in [7, 11) is 0. The highest BCUT2D eigenvalue weighted by Gasteiger charge is 2.25. The van der Waals surface area contributed by atoms with E-state index in [4.69, 9.17) is 5.73 Å². The molecule has 2 rings (SSSR count). The van der Waals surface area contributed by atoms with Gasteiger partial charge in [-0.05, 0) is 13.3 Å². The van der Waals surface area contributed by atoms with Crippen molar-refractivity contribution in [3.63, 3.8) is 0 Å². The predicted octanol–water partition coefficient (Wildman–Crippen LogP) is 1.08. The smallest absolute Gasteiger partial charge is 0.227 e. The maximum Gasteiger partial charge on any atom is 0.227 e. The van der Waals surface area contributed by atoms with Crippen LogP contribution in [-0.2, 0) is 11.3 Å². The van der Waals surface area contributed by atoms with Gasteiger partial charge in [-0.25, -0.2) is 4.98 Å². The van der Waals surface area contributed by atoms with Crippen molar-refractivity contribution in [1.29, 1.82) is 0 Å². The minimum absolute atomic E-state index is 0.0114. The Bertz CT molecular complexity index is 436. The number of nitrogens with two attached hydrogens (primary N) is 1. The van der Waals surface area contributed by atoms with Crippen LogP contribution in [0.1, 0.15) is 24.0 Å². The molecule has 5 nitrogen and oxygen atoms in total. The molecular weight excluding hydrogens is 272 g/mol. The summed E-state index contributed by atoms with van der Waals surface area (Å²) < 4.78 is 0. The fourth-order valence-electron chi connectivity index (χ4n) is 2.54. The minimum Gasteiger partial charge on any atom is -0.340 e. The van der Waals surface area contributed by atoms with Crippen LogP contribution in [0.5, 0.6) is 0 Å². The summed E-state index contributed by atoms with van der Waals surface area (Å²) in [5, 5.41) is 3.23. The van der Waals surface area contributed by atoms with E-state index in [-0.39, 0.29) is 11.8 Å². The van der Waals surface area contributed by atoms with E-state index in [0.717, 1.165) is 49.8 Å². The minimum atomic E-state index is -0.0114. The Morgan fingerprint density at radius 1 is 1.45 bits per heavy atom. The lowest BCUT2D eigenvalue weighted by Crippen LogP contribution is -2.50. The maximum absolute atomic E-state index is 12.2. The van der Waals surface area contributed by atoms with E-state index < -0.39 is 0 Å². The third kappa shape index (κ3) is 3.77. The first kappa shape index (κ1) is 15.4. The summed E-state index contributed by atoms with van der Waals surface area (Å²) >= 11 is 1.69. The van der Waals surface area contributed by atoms with E-state index in [1.54, 1.807) is 11.3 Å². The molecule has 1 saturated heterocycles. The summed E-state index contributed by atoms with van der Waals surface area (Å²) in [6.45, 7) is 8.84. The van der Waals surface area contributed by atoms with Crippen LogP contribution in [-0.4, -0.2) is 53.4 Å². The molecule has 2 heterocycles. The fourth-order valence-corrected chi connectivity index (χ4v) is 3.14. The Hall–Kier alpha value is -0.980. The average molecular weight is 296 g/mol. The molecule has 1 fully saturated rings. The highest BCUT2D eigenvalue weighted by Crippen LogP contribution is 2.14. The van der Waals surface area contributed by atoms with Gasteiger partial charge in [0, 0.05) is 44.6 Å². The number of amides is 1. The second-order valence-electron chi connectivity index (χ2n) is 5.30. The monoisotopic (exact) mass is 296 g/mol. The first-order valence-electron chi connectivity index (χ1n) is 7.26. The number of hydrogen-bond donors (Lipinski definition) is 1. The molecule has 1 aliphatic rings. The molecule has 0 aromatic carbocycles. The Balaban J connectivity index is 1.81. The van der Waals surface area contributed by atoms with E-state index in [9.17, 15) is 4.79 Å². The van der Waals surface area contributed by atoms with Gasteiger partial charge in [0.05, 0.1) is 16.6 Å². The van der Waals surface area contributed by atoms with Gasteiger partial charge in [0.15, 0.2) is 0 Å². The van der Waals surface area contributed by atoms with Gasteiger partial charge in [-0.1, -0.05) is 6.92 Å². The maximum atomic E-state index is 12.2. The number of rotatable bonds is 5. The quantitative estimate of drug-likeness (QED) is 0.883.